The van der Waals surface area contributed by atoms with Crippen molar-refractivity contribution in [1.82, 2.24) is 0 Å². The van der Waals surface area contributed by atoms with E-state index >= 15 is 0 Å². The van der Waals surface area contributed by atoms with E-state index in [1.54, 1.807) is 6.07 Å². The molecule has 14 heavy (non-hydrogen) atoms. The minimum Gasteiger partial charge on any atom is -0.484 e. The summed E-state index contributed by atoms with van der Waals surface area (Å²) in [5, 5.41) is 0. The molecule has 0 N–H and O–H groups in total. The Morgan fingerprint density at radius 1 is 1.43 bits per heavy atom. The predicted molar refractivity (Wildman–Crippen MR) is 54.4 cm³/mol. The molecule has 2 rings (SSSR count). The van der Waals surface area contributed by atoms with Crippen LogP contribution in [0.2, 0.25) is 0 Å². The average molecular weight is 195 g/mol. The summed E-state index contributed by atoms with van der Waals surface area (Å²) in [4.78, 5) is 2.02. The summed E-state index contributed by atoms with van der Waals surface area (Å²) in [5.41, 5.74) is 0.615. The molecule has 0 amide bonds. The van der Waals surface area contributed by atoms with E-state index in [-0.39, 0.29) is 11.4 Å². The fraction of sp³-hybridized carbons (Fsp3) is 0.455. The number of fused-ring (bicyclic) bond motifs is 1. The van der Waals surface area contributed by atoms with Gasteiger partial charge in [-0.25, -0.2) is 4.39 Å². The summed E-state index contributed by atoms with van der Waals surface area (Å²) in [6.07, 6.45) is 0. The zero-order valence-electron chi connectivity index (χ0n) is 8.67. The Labute approximate surface area is 83.3 Å². The Morgan fingerprint density at radius 2 is 2.14 bits per heavy atom. The molecule has 0 atom stereocenters. The van der Waals surface area contributed by atoms with Gasteiger partial charge in [-0.05, 0) is 26.0 Å². The molecule has 1 aromatic carbocycles. The van der Waals surface area contributed by atoms with Crippen LogP contribution >= 0.6 is 0 Å². The van der Waals surface area contributed by atoms with Crippen molar-refractivity contribution in [2.75, 3.05) is 18.5 Å². The summed E-state index contributed by atoms with van der Waals surface area (Å²) in [7, 11) is 1.95. The quantitative estimate of drug-likeness (QED) is 0.630. The summed E-state index contributed by atoms with van der Waals surface area (Å²) in [6.45, 7) is 4.81. The van der Waals surface area contributed by atoms with Gasteiger partial charge < -0.3 is 9.64 Å². The number of halogens is 1. The van der Waals surface area contributed by atoms with Gasteiger partial charge in [-0.3, -0.25) is 0 Å². The maximum Gasteiger partial charge on any atom is 0.143 e. The molecule has 0 spiro atoms. The number of hydrogen-bond donors (Lipinski definition) is 0. The van der Waals surface area contributed by atoms with Crippen molar-refractivity contribution >= 4 is 5.69 Å². The SMILES string of the molecule is CN1CC(C)(C)Oc2ccc(F)cc21. The first-order valence-corrected chi connectivity index (χ1v) is 4.68. The van der Waals surface area contributed by atoms with Crippen LogP contribution in [0, 0.1) is 5.82 Å². The van der Waals surface area contributed by atoms with E-state index in [1.807, 2.05) is 25.8 Å². The minimum atomic E-state index is -0.223. The third kappa shape index (κ3) is 1.54. The second kappa shape index (κ2) is 2.87. The van der Waals surface area contributed by atoms with Gasteiger partial charge in [0.2, 0.25) is 0 Å². The van der Waals surface area contributed by atoms with Gasteiger partial charge in [0.1, 0.15) is 17.2 Å². The normalized spacial score (nSPS) is 18.7. The third-order valence-electron chi connectivity index (χ3n) is 2.34. The van der Waals surface area contributed by atoms with Crippen LogP contribution in [0.25, 0.3) is 0 Å². The van der Waals surface area contributed by atoms with Crippen molar-refractivity contribution < 1.29 is 9.13 Å². The highest BCUT2D eigenvalue weighted by molar-refractivity contribution is 5.60. The molecular weight excluding hydrogens is 181 g/mol. The van der Waals surface area contributed by atoms with Crippen molar-refractivity contribution in [2.24, 2.45) is 0 Å². The van der Waals surface area contributed by atoms with Crippen LogP contribution in [0.4, 0.5) is 10.1 Å². The van der Waals surface area contributed by atoms with E-state index < -0.39 is 0 Å². The molecule has 0 aromatic heterocycles. The molecule has 0 fully saturated rings. The number of benzene rings is 1. The van der Waals surface area contributed by atoms with Crippen LogP contribution in [-0.2, 0) is 0 Å². The molecule has 0 saturated heterocycles. The molecule has 0 radical (unpaired) electrons. The summed E-state index contributed by atoms with van der Waals surface area (Å²) in [5.74, 6) is 0.532. The van der Waals surface area contributed by atoms with E-state index in [1.165, 1.54) is 12.1 Å². The van der Waals surface area contributed by atoms with E-state index in [2.05, 4.69) is 0 Å². The minimum absolute atomic E-state index is 0.209. The Hall–Kier alpha value is -1.25. The molecule has 76 valence electrons. The second-order valence-corrected chi connectivity index (χ2v) is 4.33. The third-order valence-corrected chi connectivity index (χ3v) is 2.34. The maximum absolute atomic E-state index is 13.0. The van der Waals surface area contributed by atoms with Crippen LogP contribution in [-0.4, -0.2) is 19.2 Å². The lowest BCUT2D eigenvalue weighted by Gasteiger charge is -2.38. The molecule has 0 bridgehead atoms. The number of rotatable bonds is 0. The Morgan fingerprint density at radius 3 is 2.86 bits per heavy atom. The van der Waals surface area contributed by atoms with Gasteiger partial charge in [0.05, 0.1) is 12.2 Å². The lowest BCUT2D eigenvalue weighted by molar-refractivity contribution is 0.107. The van der Waals surface area contributed by atoms with Gasteiger partial charge in [0.25, 0.3) is 0 Å². The molecular formula is C11H14FNO. The van der Waals surface area contributed by atoms with Gasteiger partial charge in [-0.1, -0.05) is 0 Å². The molecule has 3 heteroatoms. The Balaban J connectivity index is 2.45. The van der Waals surface area contributed by atoms with E-state index in [0.29, 0.717) is 0 Å². The molecule has 1 heterocycles. The van der Waals surface area contributed by atoms with Crippen molar-refractivity contribution in [3.63, 3.8) is 0 Å². The molecule has 1 aliphatic rings. The predicted octanol–water partition coefficient (Wildman–Crippen LogP) is 2.43. The molecule has 0 aliphatic carbocycles. The van der Waals surface area contributed by atoms with Gasteiger partial charge >= 0.3 is 0 Å². The number of hydrogen-bond acceptors (Lipinski definition) is 2. The summed E-state index contributed by atoms with van der Waals surface area (Å²) in [6, 6.07) is 4.61. The van der Waals surface area contributed by atoms with Crippen molar-refractivity contribution in [3.8, 4) is 5.75 Å². The zero-order chi connectivity index (χ0) is 10.3. The maximum atomic E-state index is 13.0. The summed E-state index contributed by atoms with van der Waals surface area (Å²) >= 11 is 0. The van der Waals surface area contributed by atoms with E-state index in [4.69, 9.17) is 4.74 Å². The van der Waals surface area contributed by atoms with Crippen LogP contribution in [0.15, 0.2) is 18.2 Å². The standard InChI is InChI=1S/C11H14FNO/c1-11(2)7-13(3)9-6-8(12)4-5-10(9)14-11/h4-6H,7H2,1-3H3. The van der Waals surface area contributed by atoms with Crippen LogP contribution in [0.1, 0.15) is 13.8 Å². The lowest BCUT2D eigenvalue weighted by Crippen LogP contribution is -2.45. The first-order chi connectivity index (χ1) is 6.48. The number of anilines is 1. The molecule has 0 unspecified atom stereocenters. The highest BCUT2D eigenvalue weighted by Crippen LogP contribution is 2.36. The molecule has 0 saturated carbocycles. The van der Waals surface area contributed by atoms with Gasteiger partial charge in [0.15, 0.2) is 0 Å². The largest absolute Gasteiger partial charge is 0.484 e. The van der Waals surface area contributed by atoms with E-state index in [9.17, 15) is 4.39 Å². The number of likely N-dealkylation sites (N-methyl/N-ethyl adjacent to an activating group) is 1. The number of nitrogens with zero attached hydrogens (tertiary/aromatic N) is 1. The van der Waals surface area contributed by atoms with Gasteiger partial charge in [-0.15, -0.1) is 0 Å². The van der Waals surface area contributed by atoms with Gasteiger partial charge in [-0.2, -0.15) is 0 Å². The van der Waals surface area contributed by atoms with Crippen LogP contribution in [0.5, 0.6) is 5.75 Å². The van der Waals surface area contributed by atoms with Crippen LogP contribution < -0.4 is 9.64 Å². The highest BCUT2D eigenvalue weighted by Gasteiger charge is 2.29. The fourth-order valence-corrected chi connectivity index (χ4v) is 1.86. The highest BCUT2D eigenvalue weighted by atomic mass is 19.1. The average Bonchev–Trinajstić information content (AvgIpc) is 2.05. The topological polar surface area (TPSA) is 12.5 Å². The van der Waals surface area contributed by atoms with Crippen molar-refractivity contribution in [2.45, 2.75) is 19.4 Å². The lowest BCUT2D eigenvalue weighted by atomic mass is 10.1. The zero-order valence-corrected chi connectivity index (χ0v) is 8.67. The van der Waals surface area contributed by atoms with Gasteiger partial charge in [0, 0.05) is 13.1 Å². The monoisotopic (exact) mass is 195 g/mol. The molecule has 1 aromatic rings. The molecule has 2 nitrogen and oxygen atoms in total. The number of ether oxygens (including phenoxy) is 1. The van der Waals surface area contributed by atoms with Crippen molar-refractivity contribution in [3.05, 3.63) is 24.0 Å². The Bertz CT molecular complexity index is 362. The second-order valence-electron chi connectivity index (χ2n) is 4.33. The van der Waals surface area contributed by atoms with Crippen LogP contribution in [0.3, 0.4) is 0 Å². The smallest absolute Gasteiger partial charge is 0.143 e. The van der Waals surface area contributed by atoms with E-state index in [0.717, 1.165) is 18.0 Å². The summed E-state index contributed by atoms with van der Waals surface area (Å²) < 4.78 is 18.7. The van der Waals surface area contributed by atoms with Crippen molar-refractivity contribution in [1.29, 1.82) is 0 Å². The molecule has 1 aliphatic heterocycles. The Kier molecular flexibility index (Phi) is 1.91. The first-order valence-electron chi connectivity index (χ1n) is 4.68. The fourth-order valence-electron chi connectivity index (χ4n) is 1.86. The first kappa shape index (κ1) is 9.31.